The van der Waals surface area contributed by atoms with Crippen LogP contribution in [0.25, 0.3) is 16.8 Å². The molecule has 1 aliphatic heterocycles. The smallest absolute Gasteiger partial charge is 0.139 e. The lowest BCUT2D eigenvalue weighted by Gasteiger charge is -2.18. The quantitative estimate of drug-likeness (QED) is 0.631. The van der Waals surface area contributed by atoms with Gasteiger partial charge in [0.25, 0.3) is 0 Å². The second-order valence-electron chi connectivity index (χ2n) is 6.00. The van der Waals surface area contributed by atoms with E-state index in [4.69, 9.17) is 21.7 Å². The molecule has 0 unspecified atom stereocenters. The summed E-state index contributed by atoms with van der Waals surface area (Å²) in [4.78, 5) is 6.36. The van der Waals surface area contributed by atoms with Gasteiger partial charge in [0.05, 0.1) is 24.9 Å². The van der Waals surface area contributed by atoms with E-state index in [0.29, 0.717) is 15.6 Å². The summed E-state index contributed by atoms with van der Waals surface area (Å²) in [5.41, 5.74) is 2.95. The zero-order chi connectivity index (χ0) is 19.0. The monoisotopic (exact) mass is 397 g/mol. The largest absolute Gasteiger partial charge is 0.510 e. The molecule has 2 aromatic carbocycles. The molecule has 3 aromatic rings. The highest BCUT2D eigenvalue weighted by Gasteiger charge is 2.31. The van der Waals surface area contributed by atoms with Crippen LogP contribution in [0.5, 0.6) is 5.75 Å². The number of benzene rings is 2. The van der Waals surface area contributed by atoms with E-state index in [2.05, 4.69) is 4.98 Å². The number of hydrogen-bond acceptors (Lipinski definition) is 5. The van der Waals surface area contributed by atoms with Gasteiger partial charge in [-0.15, -0.1) is 11.3 Å². The minimum Gasteiger partial charge on any atom is -0.510 e. The van der Waals surface area contributed by atoms with Crippen LogP contribution in [0.3, 0.4) is 0 Å². The van der Waals surface area contributed by atoms with Crippen molar-refractivity contribution >= 4 is 40.0 Å². The first kappa shape index (κ1) is 17.6. The maximum absolute atomic E-state index is 10.5. The van der Waals surface area contributed by atoms with E-state index in [1.165, 1.54) is 11.3 Å². The first-order chi connectivity index (χ1) is 13.1. The fraction of sp³-hybridized carbons (Fsp3) is 0.100. The molecule has 1 aliphatic rings. The predicted molar refractivity (Wildman–Crippen MR) is 110 cm³/mol. The molecule has 0 saturated heterocycles. The zero-order valence-corrected chi connectivity index (χ0v) is 16.0. The van der Waals surface area contributed by atoms with Gasteiger partial charge in [0.15, 0.2) is 0 Å². The molecule has 7 heteroatoms. The summed E-state index contributed by atoms with van der Waals surface area (Å²) in [6.45, 7) is 0.243. The van der Waals surface area contributed by atoms with Crippen LogP contribution in [-0.2, 0) is 0 Å². The second-order valence-corrected chi connectivity index (χ2v) is 7.30. The summed E-state index contributed by atoms with van der Waals surface area (Å²) >= 11 is 7.46. The van der Waals surface area contributed by atoms with Crippen LogP contribution < -0.4 is 9.64 Å². The van der Waals surface area contributed by atoms with Crippen LogP contribution >= 0.6 is 22.9 Å². The van der Waals surface area contributed by atoms with Crippen LogP contribution in [0.15, 0.2) is 59.7 Å². The number of nitrogens with zero attached hydrogens (tertiary/aromatic N) is 2. The van der Waals surface area contributed by atoms with Crippen molar-refractivity contribution in [1.29, 1.82) is 5.41 Å². The third-order valence-electron chi connectivity index (χ3n) is 4.33. The molecule has 0 radical (unpaired) electrons. The molecule has 2 N–H and O–H groups in total. The molecule has 0 atom stereocenters. The molecule has 0 fully saturated rings. The number of thiazole rings is 1. The second kappa shape index (κ2) is 7.06. The van der Waals surface area contributed by atoms with E-state index in [1.54, 1.807) is 12.0 Å². The highest BCUT2D eigenvalue weighted by atomic mass is 35.5. The number of rotatable bonds is 4. The number of halogens is 1. The van der Waals surface area contributed by atoms with Crippen molar-refractivity contribution in [2.75, 3.05) is 18.6 Å². The summed E-state index contributed by atoms with van der Waals surface area (Å²) in [5, 5.41) is 22.2. The summed E-state index contributed by atoms with van der Waals surface area (Å²) in [5.74, 6) is 1.11. The van der Waals surface area contributed by atoms with E-state index in [-0.39, 0.29) is 18.1 Å². The van der Waals surface area contributed by atoms with Crippen molar-refractivity contribution in [3.63, 3.8) is 0 Å². The Bertz CT molecular complexity index is 1040. The Kier molecular flexibility index (Phi) is 4.59. The number of aromatic nitrogens is 1. The minimum atomic E-state index is 0.141. The van der Waals surface area contributed by atoms with Crippen LogP contribution in [0.4, 0.5) is 5.69 Å². The number of hydrogen-bond donors (Lipinski definition) is 2. The fourth-order valence-electron chi connectivity index (χ4n) is 2.96. The normalized spacial score (nSPS) is 14.1. The Morgan fingerprint density at radius 3 is 2.70 bits per heavy atom. The van der Waals surface area contributed by atoms with Crippen molar-refractivity contribution in [2.45, 2.75) is 0 Å². The number of aliphatic hydroxyl groups is 1. The summed E-state index contributed by atoms with van der Waals surface area (Å²) < 4.78 is 5.17. The third kappa shape index (κ3) is 3.29. The van der Waals surface area contributed by atoms with Gasteiger partial charge in [-0.25, -0.2) is 4.98 Å². The molecule has 0 aliphatic carbocycles. The molecular formula is C20H16ClN3O2S. The van der Waals surface area contributed by atoms with E-state index < -0.39 is 0 Å². The first-order valence-corrected chi connectivity index (χ1v) is 9.47. The van der Waals surface area contributed by atoms with Gasteiger partial charge in [-0.05, 0) is 36.4 Å². The number of aliphatic hydroxyl groups excluding tert-OH is 1. The highest BCUT2D eigenvalue weighted by molar-refractivity contribution is 7.11. The lowest BCUT2D eigenvalue weighted by Crippen LogP contribution is -2.25. The van der Waals surface area contributed by atoms with Gasteiger partial charge in [0.2, 0.25) is 0 Å². The highest BCUT2D eigenvalue weighted by Crippen LogP contribution is 2.35. The van der Waals surface area contributed by atoms with Crippen LogP contribution in [-0.4, -0.2) is 29.6 Å². The van der Waals surface area contributed by atoms with Gasteiger partial charge in [-0.3, -0.25) is 5.41 Å². The maximum atomic E-state index is 10.5. The molecule has 4 rings (SSSR count). The average Bonchev–Trinajstić information content (AvgIpc) is 3.26. The standard InChI is InChI=1S/C20H16ClN3O2S/c1-26-15-7-5-14(6-8-15)24-10-17(25)18(19(24)22)20-23-16(11-27-20)12-3-2-4-13(21)9-12/h2-9,11,22,25H,10H2,1H3. The maximum Gasteiger partial charge on any atom is 0.139 e. The molecule has 27 heavy (non-hydrogen) atoms. The van der Waals surface area contributed by atoms with Gasteiger partial charge >= 0.3 is 0 Å². The lowest BCUT2D eigenvalue weighted by molar-refractivity contribution is 0.411. The van der Waals surface area contributed by atoms with Crippen molar-refractivity contribution < 1.29 is 9.84 Å². The van der Waals surface area contributed by atoms with Crippen molar-refractivity contribution in [1.82, 2.24) is 4.98 Å². The summed E-state index contributed by atoms with van der Waals surface area (Å²) in [6.07, 6.45) is 0. The lowest BCUT2D eigenvalue weighted by atomic mass is 10.2. The number of ether oxygens (including phenoxy) is 1. The molecule has 0 amide bonds. The Morgan fingerprint density at radius 2 is 2.00 bits per heavy atom. The fourth-order valence-corrected chi connectivity index (χ4v) is 4.04. The SMILES string of the molecule is COc1ccc(N2CC(O)=C(c3nc(-c4cccc(Cl)c4)cs3)C2=N)cc1. The Hall–Kier alpha value is -2.83. The van der Waals surface area contributed by atoms with Gasteiger partial charge in [-0.1, -0.05) is 23.7 Å². The van der Waals surface area contributed by atoms with Gasteiger partial charge in [0, 0.05) is 21.7 Å². The van der Waals surface area contributed by atoms with Crippen molar-refractivity contribution in [2.24, 2.45) is 0 Å². The Labute approximate surface area is 165 Å². The van der Waals surface area contributed by atoms with Gasteiger partial charge in [0.1, 0.15) is 22.4 Å². The predicted octanol–water partition coefficient (Wildman–Crippen LogP) is 5.24. The number of anilines is 1. The molecular weight excluding hydrogens is 382 g/mol. The molecule has 136 valence electrons. The average molecular weight is 398 g/mol. The molecule has 0 bridgehead atoms. The van der Waals surface area contributed by atoms with Gasteiger partial charge in [-0.2, -0.15) is 0 Å². The van der Waals surface area contributed by atoms with E-state index in [0.717, 1.165) is 22.7 Å². The van der Waals surface area contributed by atoms with Crippen molar-refractivity contribution in [3.05, 3.63) is 69.7 Å². The minimum absolute atomic E-state index is 0.141. The first-order valence-electron chi connectivity index (χ1n) is 8.21. The Morgan fingerprint density at radius 1 is 1.22 bits per heavy atom. The van der Waals surface area contributed by atoms with E-state index in [1.807, 2.05) is 53.9 Å². The number of methoxy groups -OCH3 is 1. The van der Waals surface area contributed by atoms with Crippen molar-refractivity contribution in [3.8, 4) is 17.0 Å². The number of nitrogens with one attached hydrogen (secondary N) is 1. The molecule has 0 spiro atoms. The van der Waals surface area contributed by atoms with E-state index in [9.17, 15) is 5.11 Å². The topological polar surface area (TPSA) is 69.4 Å². The van der Waals surface area contributed by atoms with Crippen LogP contribution in [0, 0.1) is 5.41 Å². The molecule has 1 aromatic heterocycles. The van der Waals surface area contributed by atoms with Gasteiger partial charge < -0.3 is 14.7 Å². The third-order valence-corrected chi connectivity index (χ3v) is 5.42. The molecule has 5 nitrogen and oxygen atoms in total. The molecule has 2 heterocycles. The van der Waals surface area contributed by atoms with Crippen LogP contribution in [0.1, 0.15) is 5.01 Å². The van der Waals surface area contributed by atoms with Crippen LogP contribution in [0.2, 0.25) is 5.02 Å². The zero-order valence-electron chi connectivity index (χ0n) is 14.4. The van der Waals surface area contributed by atoms with E-state index >= 15 is 0 Å². The molecule has 0 saturated carbocycles. The summed E-state index contributed by atoms with van der Waals surface area (Å²) in [7, 11) is 1.61. The Balaban J connectivity index is 1.62. The summed E-state index contributed by atoms with van der Waals surface area (Å²) in [6, 6.07) is 14.9. The number of amidine groups is 1.